The third-order valence-electron chi connectivity index (χ3n) is 3.85. The van der Waals surface area contributed by atoms with Crippen molar-refractivity contribution in [3.05, 3.63) is 59.7 Å². The van der Waals surface area contributed by atoms with Gasteiger partial charge in [-0.3, -0.25) is 0 Å². The van der Waals surface area contributed by atoms with Gasteiger partial charge in [0.2, 0.25) is 0 Å². The van der Waals surface area contributed by atoms with Gasteiger partial charge >= 0.3 is 0 Å². The van der Waals surface area contributed by atoms with E-state index in [0.717, 1.165) is 0 Å². The van der Waals surface area contributed by atoms with Crippen molar-refractivity contribution < 1.29 is 0 Å². The number of fused-ring (bicyclic) bond motifs is 3. The molecule has 0 radical (unpaired) electrons. The van der Waals surface area contributed by atoms with Gasteiger partial charge in [-0.1, -0.05) is 48.5 Å². The number of benzene rings is 2. The van der Waals surface area contributed by atoms with Crippen molar-refractivity contribution in [2.24, 2.45) is 0 Å². The Hall–Kier alpha value is -1.21. The molecule has 0 aromatic heterocycles. The van der Waals surface area contributed by atoms with Gasteiger partial charge in [-0.2, -0.15) is 0 Å². The fourth-order valence-corrected chi connectivity index (χ4v) is 5.21. The molecule has 0 nitrogen and oxygen atoms in total. The molecule has 0 saturated heterocycles. The fraction of sp³-hybridized carbons (Fsp3) is 0.294. The third kappa shape index (κ3) is 1.69. The first kappa shape index (κ1) is 11.9. The standard InChI is InChI=1S/C17H19S/c1-3-18(4-2)17-15-11-7-5-9-13(15)14-10-6-8-12-16(14)17/h5-12,17H,3-4H2,1-2H3/q+1. The predicted octanol–water partition coefficient (Wildman–Crippen LogP) is 4.41. The zero-order valence-electron chi connectivity index (χ0n) is 11.0. The Morgan fingerprint density at radius 2 is 1.22 bits per heavy atom. The molecule has 0 saturated carbocycles. The molecule has 2 aromatic carbocycles. The SMILES string of the molecule is CC[S+](CC)C1c2ccccc2-c2ccccc21. The molecule has 0 N–H and O–H groups in total. The van der Waals surface area contributed by atoms with Crippen LogP contribution in [0.3, 0.4) is 0 Å². The maximum atomic E-state index is 2.33. The van der Waals surface area contributed by atoms with E-state index in [1.165, 1.54) is 22.6 Å². The van der Waals surface area contributed by atoms with Crippen LogP contribution in [0, 0.1) is 0 Å². The summed E-state index contributed by atoms with van der Waals surface area (Å²) in [5.74, 6) is 2.56. The van der Waals surface area contributed by atoms with Crippen molar-refractivity contribution in [3.8, 4) is 11.1 Å². The first-order chi connectivity index (χ1) is 8.86. The lowest BCUT2D eigenvalue weighted by Gasteiger charge is -2.14. The number of hydrogen-bond donors (Lipinski definition) is 0. The van der Waals surface area contributed by atoms with Crippen molar-refractivity contribution in [2.75, 3.05) is 11.5 Å². The van der Waals surface area contributed by atoms with E-state index in [0.29, 0.717) is 16.1 Å². The van der Waals surface area contributed by atoms with Crippen LogP contribution in [0.15, 0.2) is 48.5 Å². The van der Waals surface area contributed by atoms with Crippen molar-refractivity contribution >= 4 is 10.9 Å². The highest BCUT2D eigenvalue weighted by atomic mass is 32.2. The largest absolute Gasteiger partial charge is 0.169 e. The van der Waals surface area contributed by atoms with Crippen molar-refractivity contribution in [2.45, 2.75) is 19.1 Å². The smallest absolute Gasteiger partial charge is 0.0617 e. The highest BCUT2D eigenvalue weighted by Crippen LogP contribution is 2.47. The van der Waals surface area contributed by atoms with E-state index in [2.05, 4.69) is 62.4 Å². The molecule has 2 aromatic rings. The van der Waals surface area contributed by atoms with Crippen LogP contribution >= 0.6 is 0 Å². The van der Waals surface area contributed by atoms with Gasteiger partial charge in [-0.25, -0.2) is 0 Å². The summed E-state index contributed by atoms with van der Waals surface area (Å²) in [5, 5.41) is 0.632. The normalized spacial score (nSPS) is 13.7. The van der Waals surface area contributed by atoms with Crippen LogP contribution in [-0.4, -0.2) is 11.5 Å². The van der Waals surface area contributed by atoms with Crippen LogP contribution in [0.4, 0.5) is 0 Å². The number of hydrogen-bond acceptors (Lipinski definition) is 0. The van der Waals surface area contributed by atoms with Crippen LogP contribution in [0.2, 0.25) is 0 Å². The second-order valence-corrected chi connectivity index (χ2v) is 7.37. The summed E-state index contributed by atoms with van der Waals surface area (Å²) >= 11 is 0. The van der Waals surface area contributed by atoms with Crippen LogP contribution in [-0.2, 0) is 10.9 Å². The zero-order chi connectivity index (χ0) is 12.5. The van der Waals surface area contributed by atoms with Gasteiger partial charge in [0.25, 0.3) is 0 Å². The zero-order valence-corrected chi connectivity index (χ0v) is 11.8. The molecule has 0 amide bonds. The van der Waals surface area contributed by atoms with Crippen LogP contribution < -0.4 is 0 Å². The lowest BCUT2D eigenvalue weighted by molar-refractivity contribution is 1.18. The van der Waals surface area contributed by atoms with Gasteiger partial charge in [-0.05, 0) is 35.9 Å². The van der Waals surface area contributed by atoms with Gasteiger partial charge in [0.05, 0.1) is 0 Å². The maximum Gasteiger partial charge on any atom is 0.169 e. The third-order valence-corrected chi connectivity index (χ3v) is 6.51. The second kappa shape index (κ2) is 4.81. The minimum absolute atomic E-state index is 0.464. The Bertz CT molecular complexity index is 510. The van der Waals surface area contributed by atoms with E-state index in [9.17, 15) is 0 Å². The highest BCUT2D eigenvalue weighted by molar-refractivity contribution is 7.97. The van der Waals surface area contributed by atoms with Gasteiger partial charge in [0, 0.05) is 11.1 Å². The lowest BCUT2D eigenvalue weighted by atomic mass is 10.1. The molecule has 0 heterocycles. The maximum absolute atomic E-state index is 2.33. The molecule has 0 bridgehead atoms. The molecule has 1 aliphatic carbocycles. The molecule has 1 heteroatoms. The molecule has 92 valence electrons. The summed E-state index contributed by atoms with van der Waals surface area (Å²) in [7, 11) is 0.464. The molecular weight excluding hydrogens is 236 g/mol. The molecular formula is C17H19S+. The summed E-state index contributed by atoms with van der Waals surface area (Å²) in [6, 6.07) is 17.9. The molecule has 18 heavy (non-hydrogen) atoms. The highest BCUT2D eigenvalue weighted by Gasteiger charge is 2.38. The second-order valence-electron chi connectivity index (χ2n) is 4.67. The van der Waals surface area contributed by atoms with Gasteiger partial charge in [-0.15, -0.1) is 0 Å². The Kier molecular flexibility index (Phi) is 3.17. The van der Waals surface area contributed by atoms with Crippen LogP contribution in [0.5, 0.6) is 0 Å². The van der Waals surface area contributed by atoms with Crippen LogP contribution in [0.1, 0.15) is 30.2 Å². The average molecular weight is 255 g/mol. The summed E-state index contributed by atoms with van der Waals surface area (Å²) < 4.78 is 0. The van der Waals surface area contributed by atoms with Crippen molar-refractivity contribution in [1.82, 2.24) is 0 Å². The van der Waals surface area contributed by atoms with Gasteiger partial charge < -0.3 is 0 Å². The molecule has 3 rings (SSSR count). The van der Waals surface area contributed by atoms with E-state index in [-0.39, 0.29) is 0 Å². The molecule has 0 spiro atoms. The monoisotopic (exact) mass is 255 g/mol. The van der Waals surface area contributed by atoms with E-state index in [1.54, 1.807) is 11.1 Å². The fourth-order valence-electron chi connectivity index (χ4n) is 3.01. The quantitative estimate of drug-likeness (QED) is 0.712. The molecule has 0 unspecified atom stereocenters. The molecule has 0 fully saturated rings. The average Bonchev–Trinajstić information content (AvgIpc) is 2.76. The van der Waals surface area contributed by atoms with E-state index in [1.807, 2.05) is 0 Å². The van der Waals surface area contributed by atoms with Gasteiger partial charge in [0.1, 0.15) is 11.5 Å². The minimum atomic E-state index is 0.464. The van der Waals surface area contributed by atoms with E-state index >= 15 is 0 Å². The van der Waals surface area contributed by atoms with Crippen LogP contribution in [0.25, 0.3) is 11.1 Å². The number of rotatable bonds is 3. The molecule has 1 aliphatic rings. The lowest BCUT2D eigenvalue weighted by Crippen LogP contribution is -2.17. The van der Waals surface area contributed by atoms with E-state index < -0.39 is 0 Å². The predicted molar refractivity (Wildman–Crippen MR) is 82.2 cm³/mol. The molecule has 0 atom stereocenters. The Balaban J connectivity index is 2.20. The minimum Gasteiger partial charge on any atom is -0.0617 e. The first-order valence-corrected chi connectivity index (χ1v) is 8.34. The summed E-state index contributed by atoms with van der Waals surface area (Å²) in [5.41, 5.74) is 6.01. The van der Waals surface area contributed by atoms with E-state index in [4.69, 9.17) is 0 Å². The Labute approximate surface area is 112 Å². The Morgan fingerprint density at radius 3 is 1.67 bits per heavy atom. The summed E-state index contributed by atoms with van der Waals surface area (Å²) in [6.45, 7) is 4.66. The van der Waals surface area contributed by atoms with Gasteiger partial charge in [0.15, 0.2) is 5.25 Å². The summed E-state index contributed by atoms with van der Waals surface area (Å²) in [4.78, 5) is 0. The molecule has 0 aliphatic heterocycles. The Morgan fingerprint density at radius 1 is 0.778 bits per heavy atom. The van der Waals surface area contributed by atoms with Crippen molar-refractivity contribution in [1.29, 1.82) is 0 Å². The van der Waals surface area contributed by atoms with Crippen molar-refractivity contribution in [3.63, 3.8) is 0 Å². The topological polar surface area (TPSA) is 0 Å². The first-order valence-electron chi connectivity index (χ1n) is 6.71. The summed E-state index contributed by atoms with van der Waals surface area (Å²) in [6.07, 6.45) is 0.